The van der Waals surface area contributed by atoms with Crippen LogP contribution in [0.2, 0.25) is 0 Å². The van der Waals surface area contributed by atoms with E-state index < -0.39 is 0 Å². The van der Waals surface area contributed by atoms with Gasteiger partial charge >= 0.3 is 136 Å². The SMILES string of the molecule is CC1=Cc2c(cc3c(c2-c2ccccc2)CCC3)[CH]1[Zr].Cl.Cl. The smallest absolute Gasteiger partial charge is 0.147 e. The van der Waals surface area contributed by atoms with Gasteiger partial charge in [-0.25, -0.2) is 0 Å². The zero-order valence-electron chi connectivity index (χ0n) is 12.6. The molecule has 2 aliphatic rings. The Labute approximate surface area is 160 Å². The van der Waals surface area contributed by atoms with Crippen LogP contribution in [0, 0.1) is 0 Å². The molecule has 4 rings (SSSR count). The van der Waals surface area contributed by atoms with E-state index in [0.29, 0.717) is 3.63 Å². The van der Waals surface area contributed by atoms with Gasteiger partial charge in [0.2, 0.25) is 0 Å². The van der Waals surface area contributed by atoms with Crippen molar-refractivity contribution in [2.75, 3.05) is 0 Å². The molecule has 0 amide bonds. The van der Waals surface area contributed by atoms with Gasteiger partial charge in [0.1, 0.15) is 0 Å². The predicted molar refractivity (Wildman–Crippen MR) is 94.8 cm³/mol. The molecule has 2 aromatic carbocycles. The predicted octanol–water partition coefficient (Wildman–Crippen LogP) is 5.69. The van der Waals surface area contributed by atoms with Crippen molar-refractivity contribution in [3.8, 4) is 11.1 Å². The molecule has 1 atom stereocenters. The summed E-state index contributed by atoms with van der Waals surface area (Å²) in [6.45, 7) is 2.29. The fraction of sp³-hybridized carbons (Fsp3) is 0.263. The first-order chi connectivity index (χ1) is 9.75. The van der Waals surface area contributed by atoms with Crippen LogP contribution in [0.3, 0.4) is 0 Å². The maximum absolute atomic E-state index is 2.51. The van der Waals surface area contributed by atoms with Gasteiger partial charge in [0.05, 0.1) is 0 Å². The van der Waals surface area contributed by atoms with Gasteiger partial charge < -0.3 is 0 Å². The normalized spacial score (nSPS) is 17.8. The molecular weight excluding hydrogens is 390 g/mol. The van der Waals surface area contributed by atoms with E-state index in [0.717, 1.165) is 0 Å². The molecule has 0 fully saturated rings. The number of halogens is 2. The first kappa shape index (κ1) is 18.0. The average Bonchev–Trinajstić information content (AvgIpc) is 3.04. The summed E-state index contributed by atoms with van der Waals surface area (Å²) in [6.07, 6.45) is 6.28. The molecule has 2 aliphatic carbocycles. The molecule has 0 saturated carbocycles. The van der Waals surface area contributed by atoms with Gasteiger partial charge in [-0.3, -0.25) is 0 Å². The topological polar surface area (TPSA) is 0 Å². The van der Waals surface area contributed by atoms with E-state index in [-0.39, 0.29) is 24.8 Å². The Morgan fingerprint density at radius 1 is 1.05 bits per heavy atom. The van der Waals surface area contributed by atoms with E-state index in [1.807, 2.05) is 0 Å². The van der Waals surface area contributed by atoms with Crippen molar-refractivity contribution in [1.29, 1.82) is 0 Å². The Hall–Kier alpha value is -0.357. The zero-order valence-corrected chi connectivity index (χ0v) is 16.6. The van der Waals surface area contributed by atoms with E-state index in [9.17, 15) is 0 Å². The third-order valence-corrected chi connectivity index (χ3v) is 6.56. The molecule has 1 unspecified atom stereocenters. The van der Waals surface area contributed by atoms with Crippen LogP contribution in [-0.2, 0) is 37.6 Å². The number of aryl methyl sites for hydroxylation is 1. The van der Waals surface area contributed by atoms with E-state index in [2.05, 4.69) is 49.4 Å². The van der Waals surface area contributed by atoms with Crippen LogP contribution in [-0.4, -0.2) is 0 Å². The summed E-state index contributed by atoms with van der Waals surface area (Å²) in [4.78, 5) is 0. The molecule has 3 heteroatoms. The van der Waals surface area contributed by atoms with Crippen molar-refractivity contribution in [2.45, 2.75) is 29.8 Å². The van der Waals surface area contributed by atoms with Gasteiger partial charge in [0, 0.05) is 0 Å². The minimum atomic E-state index is 0. The summed E-state index contributed by atoms with van der Waals surface area (Å²) in [5.41, 5.74) is 10.8. The van der Waals surface area contributed by atoms with Crippen LogP contribution in [0.5, 0.6) is 0 Å². The minimum absolute atomic E-state index is 0. The molecule has 0 N–H and O–H groups in total. The van der Waals surface area contributed by atoms with E-state index >= 15 is 0 Å². The molecular formula is C19H19Cl2Zr. The van der Waals surface area contributed by atoms with Crippen molar-refractivity contribution in [1.82, 2.24) is 0 Å². The molecule has 0 aromatic heterocycles. The van der Waals surface area contributed by atoms with E-state index in [1.165, 1.54) is 36.0 Å². The Kier molecular flexibility index (Phi) is 5.75. The molecule has 0 radical (unpaired) electrons. The summed E-state index contributed by atoms with van der Waals surface area (Å²) < 4.78 is 0.672. The van der Waals surface area contributed by atoms with Crippen LogP contribution in [0.1, 0.15) is 39.2 Å². The third-order valence-electron chi connectivity index (χ3n) is 4.67. The summed E-state index contributed by atoms with van der Waals surface area (Å²) in [7, 11) is 0. The van der Waals surface area contributed by atoms with Crippen LogP contribution in [0.15, 0.2) is 42.0 Å². The van der Waals surface area contributed by atoms with Gasteiger partial charge in [-0.1, -0.05) is 0 Å². The fourth-order valence-corrected chi connectivity index (χ4v) is 4.46. The molecule has 0 heterocycles. The van der Waals surface area contributed by atoms with Crippen molar-refractivity contribution < 1.29 is 24.7 Å². The maximum atomic E-state index is 2.51. The molecule has 0 nitrogen and oxygen atoms in total. The fourth-order valence-electron chi connectivity index (χ4n) is 3.67. The average molecular weight is 409 g/mol. The van der Waals surface area contributed by atoms with Crippen LogP contribution in [0.4, 0.5) is 0 Å². The summed E-state index contributed by atoms with van der Waals surface area (Å²) in [5.74, 6) is 0. The molecule has 0 spiro atoms. The number of allylic oxidation sites excluding steroid dienone is 1. The van der Waals surface area contributed by atoms with Crippen LogP contribution in [0.25, 0.3) is 17.2 Å². The Morgan fingerprint density at radius 2 is 1.77 bits per heavy atom. The van der Waals surface area contributed by atoms with Crippen molar-refractivity contribution in [2.24, 2.45) is 0 Å². The van der Waals surface area contributed by atoms with E-state index in [4.69, 9.17) is 0 Å². The molecule has 0 aliphatic heterocycles. The molecule has 2 aromatic rings. The van der Waals surface area contributed by atoms with Crippen LogP contribution >= 0.6 is 24.8 Å². The Bertz CT molecular complexity index is 720. The van der Waals surface area contributed by atoms with E-state index in [1.54, 1.807) is 47.0 Å². The third kappa shape index (κ3) is 2.77. The largest absolute Gasteiger partial charge is 0.147 e. The number of hydrogen-bond acceptors (Lipinski definition) is 0. The first-order valence-electron chi connectivity index (χ1n) is 7.39. The first-order valence-corrected chi connectivity index (χ1v) is 8.81. The molecule has 22 heavy (non-hydrogen) atoms. The number of benzene rings is 2. The molecule has 113 valence electrons. The maximum Gasteiger partial charge on any atom is -0.147 e. The van der Waals surface area contributed by atoms with Crippen molar-refractivity contribution in [3.05, 3.63) is 64.2 Å². The number of rotatable bonds is 1. The van der Waals surface area contributed by atoms with Crippen molar-refractivity contribution >= 4 is 30.9 Å². The van der Waals surface area contributed by atoms with Crippen molar-refractivity contribution in [3.63, 3.8) is 0 Å². The molecule has 0 saturated heterocycles. The van der Waals surface area contributed by atoms with Gasteiger partial charge in [0.25, 0.3) is 0 Å². The summed E-state index contributed by atoms with van der Waals surface area (Å²) in [6, 6.07) is 13.5. The van der Waals surface area contributed by atoms with Gasteiger partial charge in [-0.05, 0) is 0 Å². The van der Waals surface area contributed by atoms with Gasteiger partial charge in [0.15, 0.2) is 0 Å². The number of fused-ring (bicyclic) bond motifs is 2. The second-order valence-corrected chi connectivity index (χ2v) is 7.35. The second-order valence-electron chi connectivity index (χ2n) is 5.93. The standard InChI is InChI=1S/C19H17.2ClH.Zr/c1-13-10-16-12-15-8-5-9-17(15)19(18(16)11-13)14-6-3-2-4-7-14;;;/h2-4,6-7,10-12H,5,8-9H2,1H3;2*1H;. The summed E-state index contributed by atoms with van der Waals surface area (Å²) in [5, 5.41) is 0. The quantitative estimate of drug-likeness (QED) is 0.568. The summed E-state index contributed by atoms with van der Waals surface area (Å²) >= 11 is 1.62. The monoisotopic (exact) mass is 407 g/mol. The Morgan fingerprint density at radius 3 is 2.50 bits per heavy atom. The van der Waals surface area contributed by atoms with Crippen LogP contribution < -0.4 is 0 Å². The van der Waals surface area contributed by atoms with Gasteiger partial charge in [-0.15, -0.1) is 24.8 Å². The molecule has 0 bridgehead atoms. The Balaban J connectivity index is 0.000000882. The van der Waals surface area contributed by atoms with Gasteiger partial charge in [-0.2, -0.15) is 0 Å². The number of hydrogen-bond donors (Lipinski definition) is 0. The minimum Gasteiger partial charge on any atom is -0.147 e. The second kappa shape index (κ2) is 7.04. The zero-order chi connectivity index (χ0) is 13.7.